The van der Waals surface area contributed by atoms with Crippen molar-refractivity contribution in [1.29, 1.82) is 0 Å². The summed E-state index contributed by atoms with van der Waals surface area (Å²) in [5, 5.41) is 0.550. The number of aromatic nitrogens is 4. The van der Waals surface area contributed by atoms with Gasteiger partial charge in [-0.05, 0) is 23.8 Å². The molecule has 5 nitrogen and oxygen atoms in total. The predicted molar refractivity (Wildman–Crippen MR) is 92.6 cm³/mol. The topological polar surface area (TPSA) is 71.5 Å². The lowest BCUT2D eigenvalue weighted by Gasteiger charge is -2.05. The third-order valence-corrected chi connectivity index (χ3v) is 3.83. The zero-order chi connectivity index (χ0) is 16.4. The van der Waals surface area contributed by atoms with Crippen LogP contribution in [0.3, 0.4) is 0 Å². The molecule has 0 aliphatic rings. The van der Waals surface area contributed by atoms with Crippen molar-refractivity contribution in [3.8, 4) is 11.4 Å². The van der Waals surface area contributed by atoms with E-state index in [1.165, 1.54) is 0 Å². The van der Waals surface area contributed by atoms with Crippen molar-refractivity contribution in [2.24, 2.45) is 0 Å². The minimum Gasteiger partial charge on any atom is -0.306 e. The van der Waals surface area contributed by atoms with Gasteiger partial charge < -0.3 is 4.98 Å². The lowest BCUT2D eigenvalue weighted by Crippen LogP contribution is -2.10. The van der Waals surface area contributed by atoms with Gasteiger partial charge in [0.2, 0.25) is 0 Å². The van der Waals surface area contributed by atoms with E-state index in [0.29, 0.717) is 23.1 Å². The highest BCUT2D eigenvalue weighted by atomic mass is 16.1. The highest BCUT2D eigenvalue weighted by Gasteiger charge is 2.08. The van der Waals surface area contributed by atoms with Crippen molar-refractivity contribution in [3.05, 3.63) is 88.7 Å². The number of nitrogens with one attached hydrogen (secondary N) is 1. The Hall–Kier alpha value is -3.34. The number of hydrogen-bond acceptors (Lipinski definition) is 4. The summed E-state index contributed by atoms with van der Waals surface area (Å²) in [6.45, 7) is 0. The van der Waals surface area contributed by atoms with Gasteiger partial charge in [0.25, 0.3) is 5.56 Å². The minimum absolute atomic E-state index is 0.163. The van der Waals surface area contributed by atoms with Crippen molar-refractivity contribution in [3.63, 3.8) is 0 Å². The van der Waals surface area contributed by atoms with Crippen molar-refractivity contribution in [2.75, 3.05) is 0 Å². The number of aromatic amines is 1. The summed E-state index contributed by atoms with van der Waals surface area (Å²) in [6, 6.07) is 15.5. The molecule has 4 rings (SSSR count). The Bertz CT molecular complexity index is 1040. The fourth-order valence-corrected chi connectivity index (χ4v) is 2.63. The molecule has 1 aromatic carbocycles. The monoisotopic (exact) mass is 314 g/mol. The Morgan fingerprint density at radius 1 is 1.00 bits per heavy atom. The molecule has 24 heavy (non-hydrogen) atoms. The van der Waals surface area contributed by atoms with E-state index in [9.17, 15) is 4.79 Å². The number of H-pyrrole nitrogens is 1. The van der Waals surface area contributed by atoms with Crippen LogP contribution < -0.4 is 5.56 Å². The zero-order valence-corrected chi connectivity index (χ0v) is 12.8. The number of nitrogens with zero attached hydrogens (tertiary/aromatic N) is 3. The molecule has 4 aromatic rings. The third-order valence-electron chi connectivity index (χ3n) is 3.83. The van der Waals surface area contributed by atoms with Crippen LogP contribution in [-0.2, 0) is 6.42 Å². The summed E-state index contributed by atoms with van der Waals surface area (Å²) in [6.07, 6.45) is 5.68. The number of rotatable bonds is 3. The zero-order valence-electron chi connectivity index (χ0n) is 12.8. The Balaban J connectivity index is 1.76. The van der Waals surface area contributed by atoms with E-state index in [1.54, 1.807) is 30.7 Å². The second-order valence-corrected chi connectivity index (χ2v) is 5.51. The molecule has 0 amide bonds. The highest BCUT2D eigenvalue weighted by Crippen LogP contribution is 2.16. The normalized spacial score (nSPS) is 10.8. The summed E-state index contributed by atoms with van der Waals surface area (Å²) in [5.41, 5.74) is 3.24. The van der Waals surface area contributed by atoms with Gasteiger partial charge in [0.05, 0.1) is 17.1 Å². The van der Waals surface area contributed by atoms with Crippen LogP contribution in [0, 0.1) is 0 Å². The SMILES string of the molecule is O=c1[nH]c(-c2ccncc2)nc2cnc(Cc3ccccc3)cc12. The first kappa shape index (κ1) is 14.3. The summed E-state index contributed by atoms with van der Waals surface area (Å²) < 4.78 is 0. The molecule has 0 radical (unpaired) electrons. The number of hydrogen-bond donors (Lipinski definition) is 1. The van der Waals surface area contributed by atoms with Gasteiger partial charge in [0, 0.05) is 30.1 Å². The number of pyridine rings is 2. The van der Waals surface area contributed by atoms with E-state index in [0.717, 1.165) is 16.8 Å². The lowest BCUT2D eigenvalue weighted by molar-refractivity contribution is 1.07. The maximum Gasteiger partial charge on any atom is 0.259 e. The molecular weight excluding hydrogens is 300 g/mol. The Kier molecular flexibility index (Phi) is 3.59. The lowest BCUT2D eigenvalue weighted by atomic mass is 10.1. The van der Waals surface area contributed by atoms with Gasteiger partial charge in [-0.25, -0.2) is 4.98 Å². The molecule has 0 aliphatic heterocycles. The third kappa shape index (κ3) is 2.79. The standard InChI is InChI=1S/C19H14N4O/c24-19-16-11-15(10-13-4-2-1-3-5-13)21-12-17(16)22-18(23-19)14-6-8-20-9-7-14/h1-9,11-12H,10H2,(H,22,23,24). The first-order valence-electron chi connectivity index (χ1n) is 7.63. The fourth-order valence-electron chi connectivity index (χ4n) is 2.63. The quantitative estimate of drug-likeness (QED) is 0.631. The van der Waals surface area contributed by atoms with E-state index < -0.39 is 0 Å². The van der Waals surface area contributed by atoms with Crippen LogP contribution in [0.2, 0.25) is 0 Å². The van der Waals surface area contributed by atoms with Crippen LogP contribution in [0.1, 0.15) is 11.3 Å². The summed E-state index contributed by atoms with van der Waals surface area (Å²) in [5.74, 6) is 0.521. The van der Waals surface area contributed by atoms with Crippen LogP contribution in [0.5, 0.6) is 0 Å². The van der Waals surface area contributed by atoms with E-state index in [4.69, 9.17) is 0 Å². The molecule has 3 heterocycles. The smallest absolute Gasteiger partial charge is 0.259 e. The van der Waals surface area contributed by atoms with Gasteiger partial charge in [0.15, 0.2) is 0 Å². The molecule has 0 atom stereocenters. The summed E-state index contributed by atoms with van der Waals surface area (Å²) in [4.78, 5) is 28.2. The molecule has 0 saturated carbocycles. The van der Waals surface area contributed by atoms with Gasteiger partial charge in [-0.2, -0.15) is 0 Å². The molecule has 116 valence electrons. The minimum atomic E-state index is -0.163. The van der Waals surface area contributed by atoms with Crippen molar-refractivity contribution in [2.45, 2.75) is 6.42 Å². The molecule has 0 spiro atoms. The van der Waals surface area contributed by atoms with Gasteiger partial charge in [-0.15, -0.1) is 0 Å². The molecular formula is C19H14N4O. The first-order chi connectivity index (χ1) is 11.8. The molecule has 0 saturated heterocycles. The van der Waals surface area contributed by atoms with E-state index in [1.807, 2.05) is 36.4 Å². The molecule has 1 N–H and O–H groups in total. The van der Waals surface area contributed by atoms with Crippen LogP contribution >= 0.6 is 0 Å². The summed E-state index contributed by atoms with van der Waals surface area (Å²) >= 11 is 0. The number of benzene rings is 1. The molecule has 5 heteroatoms. The molecule has 0 unspecified atom stereocenters. The van der Waals surface area contributed by atoms with Crippen LogP contribution in [0.25, 0.3) is 22.3 Å². The summed E-state index contributed by atoms with van der Waals surface area (Å²) in [7, 11) is 0. The number of fused-ring (bicyclic) bond motifs is 1. The second-order valence-electron chi connectivity index (χ2n) is 5.51. The molecule has 0 fully saturated rings. The van der Waals surface area contributed by atoms with Crippen molar-refractivity contribution in [1.82, 2.24) is 19.9 Å². The van der Waals surface area contributed by atoms with Gasteiger partial charge in [-0.3, -0.25) is 14.8 Å². The average molecular weight is 314 g/mol. The Labute approximate surface area is 138 Å². The predicted octanol–water partition coefficient (Wildman–Crippen LogP) is 2.97. The van der Waals surface area contributed by atoms with Crippen molar-refractivity contribution < 1.29 is 0 Å². The highest BCUT2D eigenvalue weighted by molar-refractivity contribution is 5.79. The van der Waals surface area contributed by atoms with Crippen molar-refractivity contribution >= 4 is 10.9 Å². The maximum atomic E-state index is 12.4. The van der Waals surface area contributed by atoms with Crippen LogP contribution in [0.4, 0.5) is 0 Å². The largest absolute Gasteiger partial charge is 0.306 e. The van der Waals surface area contributed by atoms with E-state index in [-0.39, 0.29) is 5.56 Å². The van der Waals surface area contributed by atoms with Gasteiger partial charge >= 0.3 is 0 Å². The van der Waals surface area contributed by atoms with Crippen LogP contribution in [-0.4, -0.2) is 19.9 Å². The molecule has 0 aliphatic carbocycles. The fraction of sp³-hybridized carbons (Fsp3) is 0.0526. The first-order valence-corrected chi connectivity index (χ1v) is 7.63. The Morgan fingerprint density at radius 3 is 2.58 bits per heavy atom. The van der Waals surface area contributed by atoms with Crippen LogP contribution in [0.15, 0.2) is 71.9 Å². The average Bonchev–Trinajstić information content (AvgIpc) is 2.64. The second kappa shape index (κ2) is 6.04. The maximum absolute atomic E-state index is 12.4. The van der Waals surface area contributed by atoms with Gasteiger partial charge in [0.1, 0.15) is 5.82 Å². The van der Waals surface area contributed by atoms with E-state index in [2.05, 4.69) is 19.9 Å². The molecule has 0 bridgehead atoms. The Morgan fingerprint density at radius 2 is 1.79 bits per heavy atom. The molecule has 3 aromatic heterocycles. The van der Waals surface area contributed by atoms with Gasteiger partial charge in [-0.1, -0.05) is 30.3 Å². The van der Waals surface area contributed by atoms with E-state index >= 15 is 0 Å².